The molecule has 0 spiro atoms. The topological polar surface area (TPSA) is 0 Å². The fourth-order valence-corrected chi connectivity index (χ4v) is 2.44. The zero-order valence-electron chi connectivity index (χ0n) is 10.0. The average molecular weight is 274 g/mol. The van der Waals surface area contributed by atoms with Gasteiger partial charge in [-0.2, -0.15) is 30.3 Å². The van der Waals surface area contributed by atoms with Crippen LogP contribution in [-0.2, 0) is 17.1 Å². The number of hydrogen-bond donors (Lipinski definition) is 0. The summed E-state index contributed by atoms with van der Waals surface area (Å²) in [5, 5.41) is 1.93. The minimum Gasteiger partial charge on any atom is -0.214 e. The van der Waals surface area contributed by atoms with Gasteiger partial charge in [-0.1, -0.05) is 20.8 Å². The first-order valence-electron chi connectivity index (χ1n) is 5.24. The van der Waals surface area contributed by atoms with E-state index in [0.29, 0.717) is 5.16 Å². The van der Waals surface area contributed by atoms with Crippen LogP contribution in [0.4, 0.5) is 0 Å². The van der Waals surface area contributed by atoms with E-state index in [2.05, 4.69) is 45.0 Å². The molecule has 2 aromatic rings. The summed E-state index contributed by atoms with van der Waals surface area (Å²) < 4.78 is 0. The summed E-state index contributed by atoms with van der Waals surface area (Å²) in [6, 6.07) is 18.6. The summed E-state index contributed by atoms with van der Waals surface area (Å²) in [7, 11) is 0.938. The molecular formula is C14H19FeP. The quantitative estimate of drug-likeness (QED) is 0.420. The van der Waals surface area contributed by atoms with Crippen LogP contribution in [0.2, 0.25) is 0 Å². The predicted octanol–water partition coefficient (Wildman–Crippen LogP) is 3.91. The van der Waals surface area contributed by atoms with E-state index in [1.54, 1.807) is 0 Å². The molecule has 1 unspecified atom stereocenters. The molecule has 0 saturated carbocycles. The van der Waals surface area contributed by atoms with Crippen molar-refractivity contribution in [2.75, 3.05) is 0 Å². The third kappa shape index (κ3) is 7.88. The molecule has 0 amide bonds. The van der Waals surface area contributed by atoms with E-state index in [1.165, 1.54) is 5.30 Å². The molecule has 16 heavy (non-hydrogen) atoms. The molecule has 0 fully saturated rings. The van der Waals surface area contributed by atoms with Crippen molar-refractivity contribution < 1.29 is 17.1 Å². The summed E-state index contributed by atoms with van der Waals surface area (Å²) >= 11 is 0. The SMILES string of the molecule is CC(C)(C)Pc1ccc[cH-]1.[Fe+2].c1cc[cH-]c1. The fourth-order valence-electron chi connectivity index (χ4n) is 1.21. The summed E-state index contributed by atoms with van der Waals surface area (Å²) in [5.41, 5.74) is 0. The standard InChI is InChI=1S/C9H14P.C5H5.Fe/c1-9(2,3)10-8-6-4-5-7-8;1-2-4-5-3-1;/h4-7,10H,1-3H3;1-5H;/q2*-1;+2. The molecule has 0 aliphatic heterocycles. The fraction of sp³-hybridized carbons (Fsp3) is 0.286. The molecule has 0 saturated heterocycles. The number of hydrogen-bond acceptors (Lipinski definition) is 0. The van der Waals surface area contributed by atoms with Gasteiger partial charge in [-0.25, -0.2) is 24.3 Å². The predicted molar refractivity (Wildman–Crippen MR) is 71.8 cm³/mol. The zero-order valence-corrected chi connectivity index (χ0v) is 12.2. The van der Waals surface area contributed by atoms with E-state index in [0.717, 1.165) is 8.58 Å². The van der Waals surface area contributed by atoms with Crippen molar-refractivity contribution in [3.05, 3.63) is 54.6 Å². The van der Waals surface area contributed by atoms with Crippen molar-refractivity contribution >= 4 is 13.9 Å². The molecule has 2 aromatic carbocycles. The van der Waals surface area contributed by atoms with Crippen LogP contribution in [-0.4, -0.2) is 5.16 Å². The Balaban J connectivity index is 0.000000318. The zero-order chi connectivity index (χ0) is 11.1. The molecule has 2 heteroatoms. The molecule has 0 aromatic heterocycles. The van der Waals surface area contributed by atoms with Crippen LogP contribution >= 0.6 is 8.58 Å². The first-order chi connectivity index (χ1) is 7.08. The van der Waals surface area contributed by atoms with Gasteiger partial charge >= 0.3 is 17.1 Å². The largest absolute Gasteiger partial charge is 2.00 e. The van der Waals surface area contributed by atoms with Crippen LogP contribution in [0.1, 0.15) is 20.8 Å². The van der Waals surface area contributed by atoms with Gasteiger partial charge in [-0.05, 0) is 5.16 Å². The van der Waals surface area contributed by atoms with Gasteiger partial charge in [0.05, 0.1) is 0 Å². The van der Waals surface area contributed by atoms with Gasteiger partial charge in [0, 0.05) is 0 Å². The summed E-state index contributed by atoms with van der Waals surface area (Å²) in [6.45, 7) is 6.83. The normalized spacial score (nSPS) is 10.7. The van der Waals surface area contributed by atoms with Crippen molar-refractivity contribution in [2.24, 2.45) is 0 Å². The van der Waals surface area contributed by atoms with Gasteiger partial charge in [-0.3, -0.25) is 0 Å². The first-order valence-corrected chi connectivity index (χ1v) is 6.24. The Morgan fingerprint density at radius 3 is 1.94 bits per heavy atom. The van der Waals surface area contributed by atoms with E-state index in [1.807, 2.05) is 30.3 Å². The van der Waals surface area contributed by atoms with Crippen LogP contribution in [0.15, 0.2) is 54.6 Å². The van der Waals surface area contributed by atoms with E-state index in [9.17, 15) is 0 Å². The Kier molecular flexibility index (Phi) is 7.68. The molecule has 0 radical (unpaired) electrons. The molecule has 0 bridgehead atoms. The van der Waals surface area contributed by atoms with Crippen molar-refractivity contribution in [3.8, 4) is 0 Å². The second-order valence-electron chi connectivity index (χ2n) is 4.51. The van der Waals surface area contributed by atoms with Crippen LogP contribution in [0.3, 0.4) is 0 Å². The smallest absolute Gasteiger partial charge is 0.214 e. The summed E-state index contributed by atoms with van der Waals surface area (Å²) in [4.78, 5) is 0. The van der Waals surface area contributed by atoms with Crippen LogP contribution in [0.25, 0.3) is 0 Å². The molecule has 88 valence electrons. The average Bonchev–Trinajstić information content (AvgIpc) is 2.71. The minimum atomic E-state index is 0. The maximum Gasteiger partial charge on any atom is 2.00 e. The third-order valence-corrected chi connectivity index (χ3v) is 3.11. The molecule has 0 nitrogen and oxygen atoms in total. The summed E-state index contributed by atoms with van der Waals surface area (Å²) in [6.07, 6.45) is 0. The maximum atomic E-state index is 2.28. The van der Waals surface area contributed by atoms with Gasteiger partial charge in [0.15, 0.2) is 0 Å². The monoisotopic (exact) mass is 274 g/mol. The van der Waals surface area contributed by atoms with Gasteiger partial charge in [0.25, 0.3) is 0 Å². The van der Waals surface area contributed by atoms with E-state index < -0.39 is 0 Å². The van der Waals surface area contributed by atoms with Gasteiger partial charge in [-0.15, -0.1) is 13.9 Å². The van der Waals surface area contributed by atoms with Gasteiger partial charge in [0.1, 0.15) is 0 Å². The van der Waals surface area contributed by atoms with Crippen molar-refractivity contribution in [2.45, 2.75) is 25.9 Å². The molecule has 0 aliphatic rings. The van der Waals surface area contributed by atoms with E-state index >= 15 is 0 Å². The Hall–Kier alpha value is -0.351. The molecular weight excluding hydrogens is 255 g/mol. The van der Waals surface area contributed by atoms with Crippen molar-refractivity contribution in [3.63, 3.8) is 0 Å². The Labute approximate surface area is 111 Å². The number of rotatable bonds is 1. The third-order valence-electron chi connectivity index (χ3n) is 1.74. The van der Waals surface area contributed by atoms with Gasteiger partial charge in [0.2, 0.25) is 0 Å². The Morgan fingerprint density at radius 1 is 1.00 bits per heavy atom. The molecule has 0 heterocycles. The van der Waals surface area contributed by atoms with Gasteiger partial charge < -0.3 is 0 Å². The van der Waals surface area contributed by atoms with Crippen LogP contribution in [0, 0.1) is 0 Å². The Bertz CT molecular complexity index is 310. The Morgan fingerprint density at radius 2 is 1.62 bits per heavy atom. The van der Waals surface area contributed by atoms with Crippen LogP contribution in [0.5, 0.6) is 0 Å². The van der Waals surface area contributed by atoms with E-state index in [4.69, 9.17) is 0 Å². The van der Waals surface area contributed by atoms with E-state index in [-0.39, 0.29) is 17.1 Å². The van der Waals surface area contributed by atoms with Crippen LogP contribution < -0.4 is 5.30 Å². The second kappa shape index (κ2) is 7.85. The van der Waals surface area contributed by atoms with Crippen molar-refractivity contribution in [1.82, 2.24) is 0 Å². The molecule has 0 N–H and O–H groups in total. The minimum absolute atomic E-state index is 0. The first kappa shape index (κ1) is 15.6. The molecule has 2 rings (SSSR count). The second-order valence-corrected chi connectivity index (χ2v) is 6.84. The molecule has 1 atom stereocenters. The molecule has 0 aliphatic carbocycles. The summed E-state index contributed by atoms with van der Waals surface area (Å²) in [5.74, 6) is 0. The van der Waals surface area contributed by atoms with Crippen molar-refractivity contribution in [1.29, 1.82) is 0 Å². The maximum absolute atomic E-state index is 2.28.